The Morgan fingerprint density at radius 3 is 2.36 bits per heavy atom. The SMILES string of the molecule is CCCCCCCCCCOC(=O)C1(C)CCCC2(C)C1CCC13C=C(C(C)C)C(CC21)C1C(=O)OC(=O)C13. The third kappa shape index (κ3) is 4.62. The number of ether oxygens (including phenoxy) is 2. The quantitative estimate of drug-likeness (QED) is 0.116. The summed E-state index contributed by atoms with van der Waals surface area (Å²) in [4.78, 5) is 39.8. The molecule has 0 radical (unpaired) electrons. The number of carbonyl (C=O) groups is 3. The van der Waals surface area contributed by atoms with Gasteiger partial charge >= 0.3 is 17.9 Å². The van der Waals surface area contributed by atoms with E-state index in [1.807, 2.05) is 0 Å². The second-order valence-corrected chi connectivity index (χ2v) is 14.5. The molecule has 8 atom stereocenters. The average Bonchev–Trinajstić information content (AvgIpc) is 3.22. The van der Waals surface area contributed by atoms with Crippen LogP contribution in [-0.4, -0.2) is 24.5 Å². The number of rotatable bonds is 11. The normalized spacial score (nSPS) is 40.6. The van der Waals surface area contributed by atoms with Gasteiger partial charge in [0.05, 0.1) is 23.9 Å². The molecule has 0 amide bonds. The van der Waals surface area contributed by atoms with Gasteiger partial charge in [0.15, 0.2) is 0 Å². The molecule has 0 aromatic carbocycles. The second-order valence-electron chi connectivity index (χ2n) is 14.5. The fraction of sp³-hybridized carbons (Fsp3) is 0.853. The molecule has 2 bridgehead atoms. The van der Waals surface area contributed by atoms with Crippen molar-refractivity contribution in [1.82, 2.24) is 0 Å². The van der Waals surface area contributed by atoms with Crippen LogP contribution in [0.1, 0.15) is 125 Å². The lowest BCUT2D eigenvalue weighted by Gasteiger charge is -2.68. The van der Waals surface area contributed by atoms with Crippen molar-refractivity contribution >= 4 is 17.9 Å². The zero-order valence-corrected chi connectivity index (χ0v) is 25.2. The summed E-state index contributed by atoms with van der Waals surface area (Å²) in [7, 11) is 0. The fourth-order valence-corrected chi connectivity index (χ4v) is 10.3. The lowest BCUT2D eigenvalue weighted by atomic mass is 9.34. The Hall–Kier alpha value is -1.65. The molecular weight excluding hydrogens is 488 g/mol. The molecule has 5 aliphatic carbocycles. The number of cyclic esters (lactones) is 2. The number of esters is 3. The van der Waals surface area contributed by atoms with Gasteiger partial charge in [0.1, 0.15) is 0 Å². The largest absolute Gasteiger partial charge is 0.465 e. The predicted molar refractivity (Wildman–Crippen MR) is 151 cm³/mol. The standard InChI is InChI=1S/C34H52O5/c1-6-7-8-9-10-11-12-13-19-38-31(37)33(5)17-14-16-32(4)25(33)15-18-34-21-24(22(2)3)23(20-26(32)34)27-28(34)30(36)39-29(27)35/h21-23,25-28H,6-20H2,1-5H3. The van der Waals surface area contributed by atoms with Crippen LogP contribution in [0.2, 0.25) is 0 Å². The van der Waals surface area contributed by atoms with E-state index >= 15 is 0 Å². The van der Waals surface area contributed by atoms with Crippen molar-refractivity contribution in [1.29, 1.82) is 0 Å². The van der Waals surface area contributed by atoms with E-state index in [0.29, 0.717) is 12.5 Å². The zero-order chi connectivity index (χ0) is 28.0. The maximum atomic E-state index is 13.7. The third-order valence-corrected chi connectivity index (χ3v) is 12.1. The Balaban J connectivity index is 1.30. The molecule has 4 fully saturated rings. The van der Waals surface area contributed by atoms with Gasteiger partial charge in [-0.15, -0.1) is 0 Å². The van der Waals surface area contributed by atoms with Crippen molar-refractivity contribution in [3.8, 4) is 0 Å². The average molecular weight is 541 g/mol. The first-order valence-electron chi connectivity index (χ1n) is 16.3. The molecule has 3 saturated carbocycles. The van der Waals surface area contributed by atoms with Crippen LogP contribution in [-0.2, 0) is 23.9 Å². The number of unbranched alkanes of at least 4 members (excludes halogenated alkanes) is 7. The molecular formula is C34H52O5. The number of allylic oxidation sites excluding steroid dienone is 2. The molecule has 0 aromatic heterocycles. The van der Waals surface area contributed by atoms with E-state index in [4.69, 9.17) is 9.47 Å². The highest BCUT2D eigenvalue weighted by Crippen LogP contribution is 2.74. The maximum absolute atomic E-state index is 13.7. The topological polar surface area (TPSA) is 69.7 Å². The van der Waals surface area contributed by atoms with Gasteiger partial charge in [0, 0.05) is 5.41 Å². The molecule has 6 aliphatic rings. The minimum atomic E-state index is -0.485. The van der Waals surface area contributed by atoms with Gasteiger partial charge in [-0.05, 0) is 74.5 Å². The smallest absolute Gasteiger partial charge is 0.318 e. The van der Waals surface area contributed by atoms with E-state index < -0.39 is 5.41 Å². The van der Waals surface area contributed by atoms with E-state index in [2.05, 4.69) is 40.7 Å². The number of hydrogen-bond donors (Lipinski definition) is 0. The first-order valence-corrected chi connectivity index (χ1v) is 16.3. The summed E-state index contributed by atoms with van der Waals surface area (Å²) in [5.41, 5.74) is 0.482. The molecule has 0 aromatic rings. The van der Waals surface area contributed by atoms with Gasteiger partial charge in [-0.2, -0.15) is 0 Å². The van der Waals surface area contributed by atoms with E-state index in [0.717, 1.165) is 51.4 Å². The summed E-state index contributed by atoms with van der Waals surface area (Å²) >= 11 is 0. The molecule has 1 aliphatic heterocycles. The van der Waals surface area contributed by atoms with Gasteiger partial charge in [-0.1, -0.05) is 90.7 Å². The van der Waals surface area contributed by atoms with E-state index in [-0.39, 0.29) is 58.3 Å². The van der Waals surface area contributed by atoms with Crippen LogP contribution in [0, 0.1) is 51.8 Å². The monoisotopic (exact) mass is 540 g/mol. The molecule has 0 N–H and O–H groups in total. The first kappa shape index (κ1) is 28.9. The second kappa shape index (κ2) is 11.0. The Bertz CT molecular complexity index is 998. The van der Waals surface area contributed by atoms with Crippen molar-refractivity contribution in [3.63, 3.8) is 0 Å². The highest BCUT2D eigenvalue weighted by Gasteiger charge is 2.73. The van der Waals surface area contributed by atoms with Gasteiger partial charge in [-0.25, -0.2) is 0 Å². The summed E-state index contributed by atoms with van der Waals surface area (Å²) in [5, 5.41) is 0. The summed E-state index contributed by atoms with van der Waals surface area (Å²) in [6.07, 6.45) is 17.9. The minimum Gasteiger partial charge on any atom is -0.465 e. The lowest BCUT2D eigenvalue weighted by molar-refractivity contribution is -0.198. The van der Waals surface area contributed by atoms with Crippen LogP contribution >= 0.6 is 0 Å². The van der Waals surface area contributed by atoms with Crippen LogP contribution in [0.15, 0.2) is 11.6 Å². The highest BCUT2D eigenvalue weighted by atomic mass is 16.6. The number of carbonyl (C=O) groups excluding carboxylic acids is 3. The fourth-order valence-electron chi connectivity index (χ4n) is 10.3. The van der Waals surface area contributed by atoms with Gasteiger partial charge in [0.25, 0.3) is 0 Å². The minimum absolute atomic E-state index is 0.00923. The van der Waals surface area contributed by atoms with Crippen LogP contribution in [0.4, 0.5) is 0 Å². The Morgan fingerprint density at radius 1 is 0.974 bits per heavy atom. The summed E-state index contributed by atoms with van der Waals surface area (Å²) in [5.74, 6) is -0.319. The molecule has 5 nitrogen and oxygen atoms in total. The summed E-state index contributed by atoms with van der Waals surface area (Å²) in [6, 6.07) is 0. The first-order chi connectivity index (χ1) is 18.6. The summed E-state index contributed by atoms with van der Waals surface area (Å²) < 4.78 is 11.3. The van der Waals surface area contributed by atoms with E-state index in [9.17, 15) is 14.4 Å². The lowest BCUT2D eigenvalue weighted by Crippen LogP contribution is -2.65. The summed E-state index contributed by atoms with van der Waals surface area (Å²) in [6.45, 7) is 11.8. The van der Waals surface area contributed by atoms with E-state index in [1.54, 1.807) is 0 Å². The van der Waals surface area contributed by atoms with Crippen molar-refractivity contribution < 1.29 is 23.9 Å². The Labute approximate surface area is 236 Å². The molecule has 218 valence electrons. The predicted octanol–water partition coefficient (Wildman–Crippen LogP) is 7.81. The maximum Gasteiger partial charge on any atom is 0.318 e. The number of hydrogen-bond acceptors (Lipinski definition) is 5. The van der Waals surface area contributed by atoms with Crippen LogP contribution in [0.25, 0.3) is 0 Å². The van der Waals surface area contributed by atoms with Crippen molar-refractivity contribution in [2.45, 2.75) is 125 Å². The molecule has 1 saturated heterocycles. The Morgan fingerprint density at radius 2 is 1.67 bits per heavy atom. The zero-order valence-electron chi connectivity index (χ0n) is 25.2. The molecule has 1 heterocycles. The van der Waals surface area contributed by atoms with Crippen LogP contribution in [0.5, 0.6) is 0 Å². The van der Waals surface area contributed by atoms with Gasteiger partial charge < -0.3 is 9.47 Å². The highest BCUT2D eigenvalue weighted by molar-refractivity contribution is 5.98. The molecule has 1 spiro atoms. The van der Waals surface area contributed by atoms with Crippen molar-refractivity contribution in [2.24, 2.45) is 51.8 Å². The Kier molecular flexibility index (Phi) is 8.12. The van der Waals surface area contributed by atoms with Gasteiger partial charge in [0.2, 0.25) is 0 Å². The van der Waals surface area contributed by atoms with Crippen molar-refractivity contribution in [2.75, 3.05) is 6.61 Å². The van der Waals surface area contributed by atoms with Crippen molar-refractivity contribution in [3.05, 3.63) is 11.6 Å². The van der Waals surface area contributed by atoms with Crippen LogP contribution < -0.4 is 0 Å². The van der Waals surface area contributed by atoms with Crippen LogP contribution in [0.3, 0.4) is 0 Å². The van der Waals surface area contributed by atoms with Gasteiger partial charge in [-0.3, -0.25) is 14.4 Å². The molecule has 8 unspecified atom stereocenters. The van der Waals surface area contributed by atoms with E-state index in [1.165, 1.54) is 44.1 Å². The molecule has 5 heteroatoms. The third-order valence-electron chi connectivity index (χ3n) is 12.1. The number of fused-ring (bicyclic) bond motifs is 1. The molecule has 39 heavy (non-hydrogen) atoms. The molecule has 6 rings (SSSR count).